The lowest BCUT2D eigenvalue weighted by atomic mass is 10.2. The van der Waals surface area contributed by atoms with Gasteiger partial charge in [0.05, 0.1) is 21.7 Å². The second kappa shape index (κ2) is 9.09. The summed E-state index contributed by atoms with van der Waals surface area (Å²) in [7, 11) is -3.65. The number of hydrogen-bond donors (Lipinski definition) is 0. The molecule has 6 nitrogen and oxygen atoms in total. The van der Waals surface area contributed by atoms with Crippen LogP contribution in [0.25, 0.3) is 10.2 Å². The van der Waals surface area contributed by atoms with Gasteiger partial charge in [-0.1, -0.05) is 31.1 Å². The fourth-order valence-corrected chi connectivity index (χ4v) is 5.61. The third kappa shape index (κ3) is 4.44. The molecule has 0 bridgehead atoms. The lowest BCUT2D eigenvalue weighted by Gasteiger charge is -2.18. The van der Waals surface area contributed by atoms with Crippen LogP contribution in [0.2, 0.25) is 0 Å². The maximum Gasteiger partial charge on any atom is 0.279 e. The third-order valence-corrected chi connectivity index (χ3v) is 7.68. The maximum absolute atomic E-state index is 14.3. The number of sulfonamides is 1. The second-order valence-electron chi connectivity index (χ2n) is 6.44. The van der Waals surface area contributed by atoms with Gasteiger partial charge in [0.25, 0.3) is 5.91 Å². The van der Waals surface area contributed by atoms with Crippen LogP contribution in [-0.4, -0.2) is 36.3 Å². The quantitative estimate of drug-likeness (QED) is 0.526. The van der Waals surface area contributed by atoms with Crippen molar-refractivity contribution < 1.29 is 22.0 Å². The Morgan fingerprint density at radius 3 is 2.42 bits per heavy atom. The van der Waals surface area contributed by atoms with Crippen molar-refractivity contribution in [2.75, 3.05) is 13.1 Å². The Morgan fingerprint density at radius 2 is 1.84 bits per heavy atom. The summed E-state index contributed by atoms with van der Waals surface area (Å²) < 4.78 is 55.9. The van der Waals surface area contributed by atoms with E-state index in [1.807, 2.05) is 0 Å². The molecule has 0 aliphatic carbocycles. The Labute approximate surface area is 182 Å². The molecule has 1 heterocycles. The average Bonchev–Trinajstić information content (AvgIpc) is 3.06. The number of amides is 1. The molecule has 10 heteroatoms. The fourth-order valence-electron chi connectivity index (χ4n) is 3.09. The summed E-state index contributed by atoms with van der Waals surface area (Å²) in [6.07, 6.45) is 5.36. The van der Waals surface area contributed by atoms with Crippen molar-refractivity contribution in [2.24, 2.45) is 4.99 Å². The molecule has 0 saturated heterocycles. The average molecular weight is 464 g/mol. The van der Waals surface area contributed by atoms with E-state index in [4.69, 9.17) is 6.42 Å². The summed E-state index contributed by atoms with van der Waals surface area (Å²) in [6.45, 7) is 4.07. The number of hydrogen-bond acceptors (Lipinski definition) is 4. The van der Waals surface area contributed by atoms with Crippen molar-refractivity contribution >= 4 is 37.5 Å². The zero-order chi connectivity index (χ0) is 22.8. The van der Waals surface area contributed by atoms with Gasteiger partial charge in [-0.25, -0.2) is 17.2 Å². The number of nitrogens with zero attached hydrogens (tertiary/aromatic N) is 3. The molecule has 0 unspecified atom stereocenters. The number of carbonyl (C=O) groups is 1. The van der Waals surface area contributed by atoms with Gasteiger partial charge in [0.2, 0.25) is 10.0 Å². The first-order valence-electron chi connectivity index (χ1n) is 9.34. The Balaban J connectivity index is 2.03. The molecule has 0 aliphatic rings. The number of terminal acetylenes is 1. The molecular weight excluding hydrogens is 444 g/mol. The highest BCUT2D eigenvalue weighted by Crippen LogP contribution is 2.22. The zero-order valence-electron chi connectivity index (χ0n) is 16.8. The molecule has 0 aliphatic heterocycles. The molecule has 1 aromatic heterocycles. The number of thiazole rings is 1. The molecule has 0 spiro atoms. The largest absolute Gasteiger partial charge is 0.302 e. The molecule has 31 heavy (non-hydrogen) atoms. The van der Waals surface area contributed by atoms with Crippen molar-refractivity contribution in [3.63, 3.8) is 0 Å². The summed E-state index contributed by atoms with van der Waals surface area (Å²) in [5, 5.41) is 0. The van der Waals surface area contributed by atoms with E-state index < -0.39 is 27.6 Å². The fraction of sp³-hybridized carbons (Fsp3) is 0.238. The zero-order valence-corrected chi connectivity index (χ0v) is 18.4. The lowest BCUT2D eigenvalue weighted by Crippen LogP contribution is -2.30. The molecule has 1 amide bonds. The van der Waals surface area contributed by atoms with Gasteiger partial charge in [-0.3, -0.25) is 4.79 Å². The minimum Gasteiger partial charge on any atom is -0.302 e. The Morgan fingerprint density at radius 1 is 1.19 bits per heavy atom. The first kappa shape index (κ1) is 22.8. The Bertz CT molecular complexity index is 1350. The van der Waals surface area contributed by atoms with Crippen LogP contribution in [0.15, 0.2) is 46.3 Å². The van der Waals surface area contributed by atoms with Crippen molar-refractivity contribution in [2.45, 2.75) is 25.3 Å². The van der Waals surface area contributed by atoms with E-state index in [-0.39, 0.29) is 32.0 Å². The van der Waals surface area contributed by atoms with Crippen LogP contribution in [0, 0.1) is 24.0 Å². The van der Waals surface area contributed by atoms with Crippen LogP contribution in [0.4, 0.5) is 8.78 Å². The van der Waals surface area contributed by atoms with Gasteiger partial charge in [0, 0.05) is 24.7 Å². The molecule has 0 N–H and O–H groups in total. The van der Waals surface area contributed by atoms with E-state index in [1.165, 1.54) is 33.1 Å². The monoisotopic (exact) mass is 463 g/mol. The smallest absolute Gasteiger partial charge is 0.279 e. The summed E-state index contributed by atoms with van der Waals surface area (Å²) in [4.78, 5) is 16.8. The van der Waals surface area contributed by atoms with Crippen LogP contribution < -0.4 is 4.80 Å². The van der Waals surface area contributed by atoms with Gasteiger partial charge >= 0.3 is 0 Å². The number of halogens is 2. The number of fused-ring (bicyclic) bond motifs is 1. The van der Waals surface area contributed by atoms with Gasteiger partial charge in [-0.2, -0.15) is 9.30 Å². The first-order valence-corrected chi connectivity index (χ1v) is 11.6. The normalized spacial score (nSPS) is 12.5. The number of carbonyl (C=O) groups excluding carboxylic acids is 1. The van der Waals surface area contributed by atoms with E-state index in [0.29, 0.717) is 13.1 Å². The highest BCUT2D eigenvalue weighted by Gasteiger charge is 2.22. The van der Waals surface area contributed by atoms with Crippen molar-refractivity contribution in [3.05, 3.63) is 58.4 Å². The van der Waals surface area contributed by atoms with E-state index in [0.717, 1.165) is 23.5 Å². The summed E-state index contributed by atoms with van der Waals surface area (Å²) >= 11 is 0.930. The third-order valence-electron chi connectivity index (χ3n) is 4.59. The van der Waals surface area contributed by atoms with Crippen molar-refractivity contribution in [3.8, 4) is 12.3 Å². The molecule has 0 radical (unpaired) electrons. The number of rotatable bonds is 6. The topological polar surface area (TPSA) is 71.7 Å². The minimum absolute atomic E-state index is 0.0598. The van der Waals surface area contributed by atoms with Gasteiger partial charge in [0.1, 0.15) is 5.82 Å². The molecular formula is C21H19F2N3O3S2. The summed E-state index contributed by atoms with van der Waals surface area (Å²) in [5.74, 6) is 0.155. The van der Waals surface area contributed by atoms with Crippen LogP contribution in [0.3, 0.4) is 0 Å². The molecule has 0 atom stereocenters. The SMILES string of the molecule is C#CCn1c(=NC(=O)c2ccc(S(=O)(=O)N(CC)CC)cc2)sc2cc(F)cc(F)c21. The van der Waals surface area contributed by atoms with Crippen LogP contribution in [0.1, 0.15) is 24.2 Å². The standard InChI is InChI=1S/C21H19F2N3O3S2/c1-4-11-26-19-17(23)12-15(22)13-18(19)30-21(26)24-20(27)14-7-9-16(10-8-14)31(28,29)25(5-2)6-3/h1,7-10,12-13H,5-6,11H2,2-3H3. The predicted molar refractivity (Wildman–Crippen MR) is 115 cm³/mol. The molecule has 0 fully saturated rings. The Kier molecular flexibility index (Phi) is 6.69. The predicted octanol–water partition coefficient (Wildman–Crippen LogP) is 3.39. The van der Waals surface area contributed by atoms with E-state index in [2.05, 4.69) is 10.9 Å². The molecule has 2 aromatic carbocycles. The van der Waals surface area contributed by atoms with Crippen molar-refractivity contribution in [1.29, 1.82) is 0 Å². The van der Waals surface area contributed by atoms with E-state index in [1.54, 1.807) is 13.8 Å². The molecule has 162 valence electrons. The van der Waals surface area contributed by atoms with E-state index >= 15 is 0 Å². The maximum atomic E-state index is 14.3. The summed E-state index contributed by atoms with van der Waals surface area (Å²) in [5.41, 5.74) is 0.214. The van der Waals surface area contributed by atoms with Crippen molar-refractivity contribution in [1.82, 2.24) is 8.87 Å². The Hall–Kier alpha value is -2.87. The van der Waals surface area contributed by atoms with Gasteiger partial charge in [0.15, 0.2) is 10.6 Å². The lowest BCUT2D eigenvalue weighted by molar-refractivity contribution is 0.0997. The van der Waals surface area contributed by atoms with E-state index in [9.17, 15) is 22.0 Å². The van der Waals surface area contributed by atoms with Gasteiger partial charge < -0.3 is 4.57 Å². The van der Waals surface area contributed by atoms with Crippen LogP contribution in [0.5, 0.6) is 0 Å². The highest BCUT2D eigenvalue weighted by atomic mass is 32.2. The van der Waals surface area contributed by atoms with Crippen LogP contribution in [-0.2, 0) is 16.6 Å². The number of benzene rings is 2. The number of aromatic nitrogens is 1. The van der Waals surface area contributed by atoms with Crippen LogP contribution >= 0.6 is 11.3 Å². The molecule has 0 saturated carbocycles. The highest BCUT2D eigenvalue weighted by molar-refractivity contribution is 7.89. The summed E-state index contributed by atoms with van der Waals surface area (Å²) in [6, 6.07) is 7.29. The molecule has 3 aromatic rings. The van der Waals surface area contributed by atoms with Gasteiger partial charge in [-0.15, -0.1) is 6.42 Å². The second-order valence-corrected chi connectivity index (χ2v) is 9.39. The minimum atomic E-state index is -3.65. The molecule has 3 rings (SSSR count). The first-order chi connectivity index (χ1) is 14.7. The van der Waals surface area contributed by atoms with Gasteiger partial charge in [-0.05, 0) is 30.3 Å².